The van der Waals surface area contributed by atoms with Crippen molar-refractivity contribution in [3.63, 3.8) is 0 Å². The molecule has 0 aliphatic carbocycles. The van der Waals surface area contributed by atoms with Crippen molar-refractivity contribution in [2.75, 3.05) is 0 Å². The molecule has 0 bridgehead atoms. The minimum atomic E-state index is 0.610. The second-order valence-corrected chi connectivity index (χ2v) is 17.2. The smallest absolute Gasteiger partial charge is 0.164 e. The third kappa shape index (κ3) is 6.76. The molecule has 0 amide bonds. The fraction of sp³-hybridized carbons (Fsp3) is 0. The first-order valence-electron chi connectivity index (χ1n) is 23.0. The lowest BCUT2D eigenvalue weighted by atomic mass is 9.95. The van der Waals surface area contributed by atoms with Crippen LogP contribution in [0.3, 0.4) is 0 Å². The standard InChI is InChI=1S/C63H41N5/c1-3-17-42(18-4-1)46-21-15-22-47(39-46)48-37-38-51(60(41-48)68-58-31-13-9-27-54(58)55-28-10-14-32-59(55)68)43-33-35-45(36-34-43)62-64-61(44-19-5-2-6-20-44)65-63(66-62)49-23-16-24-50(40-49)67-56-29-11-7-25-52(56)53-26-8-12-30-57(53)67/h1-41H. The molecule has 0 radical (unpaired) electrons. The van der Waals surface area contributed by atoms with E-state index in [0.29, 0.717) is 17.5 Å². The van der Waals surface area contributed by atoms with Gasteiger partial charge in [-0.25, -0.2) is 15.0 Å². The Bertz CT molecular complexity index is 3910. The molecule has 3 aromatic heterocycles. The molecule has 0 saturated heterocycles. The van der Waals surface area contributed by atoms with E-state index in [9.17, 15) is 0 Å². The molecule has 0 saturated carbocycles. The van der Waals surface area contributed by atoms with Crippen molar-refractivity contribution in [1.82, 2.24) is 24.1 Å². The summed E-state index contributed by atoms with van der Waals surface area (Å²) in [4.78, 5) is 15.5. The van der Waals surface area contributed by atoms with E-state index < -0.39 is 0 Å². The van der Waals surface area contributed by atoms with E-state index in [-0.39, 0.29) is 0 Å². The molecular formula is C63H41N5. The van der Waals surface area contributed by atoms with Crippen LogP contribution in [0, 0.1) is 0 Å². The maximum absolute atomic E-state index is 5.21. The second kappa shape index (κ2) is 16.4. The number of fused-ring (bicyclic) bond motifs is 6. The summed E-state index contributed by atoms with van der Waals surface area (Å²) in [6.07, 6.45) is 0. The van der Waals surface area contributed by atoms with E-state index in [1.54, 1.807) is 0 Å². The van der Waals surface area contributed by atoms with E-state index in [1.807, 2.05) is 18.2 Å². The minimum Gasteiger partial charge on any atom is -0.309 e. The highest BCUT2D eigenvalue weighted by molar-refractivity contribution is 6.10. The van der Waals surface area contributed by atoms with E-state index in [4.69, 9.17) is 15.0 Å². The Kier molecular flexibility index (Phi) is 9.43. The van der Waals surface area contributed by atoms with Gasteiger partial charge >= 0.3 is 0 Å². The molecule has 5 nitrogen and oxygen atoms in total. The molecule has 13 rings (SSSR count). The number of hydrogen-bond acceptors (Lipinski definition) is 3. The Morgan fingerprint density at radius 3 is 1.19 bits per heavy atom. The average Bonchev–Trinajstić information content (AvgIpc) is 3.94. The summed E-state index contributed by atoms with van der Waals surface area (Å²) in [5, 5.41) is 4.89. The first kappa shape index (κ1) is 39.2. The molecule has 318 valence electrons. The molecule has 0 spiro atoms. The summed E-state index contributed by atoms with van der Waals surface area (Å²) in [6.45, 7) is 0. The van der Waals surface area contributed by atoms with Crippen LogP contribution < -0.4 is 0 Å². The number of benzene rings is 10. The van der Waals surface area contributed by atoms with Crippen molar-refractivity contribution in [2.45, 2.75) is 0 Å². The zero-order valence-electron chi connectivity index (χ0n) is 36.9. The molecule has 13 aromatic rings. The highest BCUT2D eigenvalue weighted by Gasteiger charge is 2.19. The quantitative estimate of drug-likeness (QED) is 0.153. The van der Waals surface area contributed by atoms with Crippen molar-refractivity contribution in [1.29, 1.82) is 0 Å². The van der Waals surface area contributed by atoms with Crippen LogP contribution in [-0.4, -0.2) is 24.1 Å². The molecule has 3 heterocycles. The maximum Gasteiger partial charge on any atom is 0.164 e. The molecule has 10 aromatic carbocycles. The Balaban J connectivity index is 0.941. The van der Waals surface area contributed by atoms with Gasteiger partial charge in [-0.15, -0.1) is 0 Å². The fourth-order valence-corrected chi connectivity index (χ4v) is 9.97. The van der Waals surface area contributed by atoms with E-state index in [0.717, 1.165) is 72.4 Å². The van der Waals surface area contributed by atoms with Gasteiger partial charge < -0.3 is 9.13 Å². The summed E-state index contributed by atoms with van der Waals surface area (Å²) in [6, 6.07) is 88.3. The van der Waals surface area contributed by atoms with Gasteiger partial charge in [0.2, 0.25) is 0 Å². The van der Waals surface area contributed by atoms with Gasteiger partial charge in [0.15, 0.2) is 17.5 Å². The van der Waals surface area contributed by atoms with Crippen LogP contribution in [0.25, 0.3) is 123 Å². The first-order valence-corrected chi connectivity index (χ1v) is 23.0. The topological polar surface area (TPSA) is 48.5 Å². The van der Waals surface area contributed by atoms with Gasteiger partial charge in [0, 0.05) is 49.5 Å². The lowest BCUT2D eigenvalue weighted by molar-refractivity contribution is 1.07. The third-order valence-corrected chi connectivity index (χ3v) is 13.2. The molecule has 5 heteroatoms. The first-order chi connectivity index (χ1) is 33.7. The van der Waals surface area contributed by atoms with E-state index >= 15 is 0 Å². The summed E-state index contributed by atoms with van der Waals surface area (Å²) in [5.74, 6) is 1.84. The SMILES string of the molecule is c1ccc(-c2cccc(-c3ccc(-c4ccc(-c5nc(-c6ccccc6)nc(-c6cccc(-n7c8ccccc8c8ccccc87)c6)n5)cc4)c(-n4c5ccccc5c5ccccc54)c3)c2)cc1. The molecule has 0 aliphatic heterocycles. The highest BCUT2D eigenvalue weighted by atomic mass is 15.0. The Morgan fingerprint density at radius 2 is 0.618 bits per heavy atom. The van der Waals surface area contributed by atoms with Crippen molar-refractivity contribution in [3.8, 4) is 78.9 Å². The van der Waals surface area contributed by atoms with Gasteiger partial charge in [-0.05, 0) is 76.3 Å². The molecule has 0 unspecified atom stereocenters. The molecule has 0 aliphatic rings. The van der Waals surface area contributed by atoms with Gasteiger partial charge in [-0.2, -0.15) is 0 Å². The van der Waals surface area contributed by atoms with Gasteiger partial charge in [-0.3, -0.25) is 0 Å². The second-order valence-electron chi connectivity index (χ2n) is 17.2. The molecule has 0 N–H and O–H groups in total. The zero-order chi connectivity index (χ0) is 45.0. The number of hydrogen-bond donors (Lipinski definition) is 0. The van der Waals surface area contributed by atoms with Crippen LogP contribution >= 0.6 is 0 Å². The largest absolute Gasteiger partial charge is 0.309 e. The zero-order valence-corrected chi connectivity index (χ0v) is 36.9. The normalized spacial score (nSPS) is 11.5. The average molecular weight is 868 g/mol. The number of nitrogens with zero attached hydrogens (tertiary/aromatic N) is 5. The number of aromatic nitrogens is 5. The summed E-state index contributed by atoms with van der Waals surface area (Å²) >= 11 is 0. The van der Waals surface area contributed by atoms with Crippen molar-refractivity contribution >= 4 is 43.6 Å². The van der Waals surface area contributed by atoms with E-state index in [1.165, 1.54) is 32.7 Å². The minimum absolute atomic E-state index is 0.610. The number of rotatable bonds is 8. The van der Waals surface area contributed by atoms with Crippen LogP contribution in [0.15, 0.2) is 249 Å². The van der Waals surface area contributed by atoms with Gasteiger partial charge in [0.25, 0.3) is 0 Å². The molecule has 0 fully saturated rings. The van der Waals surface area contributed by atoms with Crippen LogP contribution in [-0.2, 0) is 0 Å². The van der Waals surface area contributed by atoms with Crippen LogP contribution in [0.1, 0.15) is 0 Å². The Hall–Kier alpha value is -9.19. The molecule has 68 heavy (non-hydrogen) atoms. The third-order valence-electron chi connectivity index (χ3n) is 13.2. The van der Waals surface area contributed by atoms with Crippen molar-refractivity contribution < 1.29 is 0 Å². The summed E-state index contributed by atoms with van der Waals surface area (Å²) < 4.78 is 4.76. The fourth-order valence-electron chi connectivity index (χ4n) is 9.97. The monoisotopic (exact) mass is 867 g/mol. The van der Waals surface area contributed by atoms with Crippen LogP contribution in [0.5, 0.6) is 0 Å². The highest BCUT2D eigenvalue weighted by Crippen LogP contribution is 2.40. The van der Waals surface area contributed by atoms with Crippen molar-refractivity contribution in [2.24, 2.45) is 0 Å². The predicted molar refractivity (Wildman–Crippen MR) is 281 cm³/mol. The summed E-state index contributed by atoms with van der Waals surface area (Å²) in [7, 11) is 0. The Labute approximate surface area is 393 Å². The number of para-hydroxylation sites is 4. The van der Waals surface area contributed by atoms with Crippen molar-refractivity contribution in [3.05, 3.63) is 249 Å². The lowest BCUT2D eigenvalue weighted by Gasteiger charge is -2.17. The van der Waals surface area contributed by atoms with Gasteiger partial charge in [0.05, 0.1) is 27.8 Å². The van der Waals surface area contributed by atoms with Gasteiger partial charge in [0.1, 0.15) is 0 Å². The van der Waals surface area contributed by atoms with Crippen LogP contribution in [0.4, 0.5) is 0 Å². The molecular weight excluding hydrogens is 827 g/mol. The summed E-state index contributed by atoms with van der Waals surface area (Å²) in [5.41, 5.74) is 16.4. The Morgan fingerprint density at radius 1 is 0.235 bits per heavy atom. The maximum atomic E-state index is 5.21. The van der Waals surface area contributed by atoms with Gasteiger partial charge in [-0.1, -0.05) is 200 Å². The lowest BCUT2D eigenvalue weighted by Crippen LogP contribution is -2.01. The molecule has 0 atom stereocenters. The van der Waals surface area contributed by atoms with E-state index in [2.05, 4.69) is 240 Å². The predicted octanol–water partition coefficient (Wildman–Crippen LogP) is 16.1. The van der Waals surface area contributed by atoms with Crippen LogP contribution in [0.2, 0.25) is 0 Å².